The van der Waals surface area contributed by atoms with Gasteiger partial charge in [0.1, 0.15) is 17.3 Å². The zero-order valence-corrected chi connectivity index (χ0v) is 18.0. The van der Waals surface area contributed by atoms with Crippen LogP contribution in [-0.4, -0.2) is 31.4 Å². The maximum absolute atomic E-state index is 13.0. The van der Waals surface area contributed by atoms with E-state index in [9.17, 15) is 14.4 Å². The van der Waals surface area contributed by atoms with E-state index >= 15 is 0 Å². The maximum atomic E-state index is 13.0. The monoisotopic (exact) mass is 461 g/mol. The molecule has 0 bridgehead atoms. The van der Waals surface area contributed by atoms with Crippen LogP contribution in [0.3, 0.4) is 0 Å². The minimum atomic E-state index is -0.639. The first-order valence-electron chi connectivity index (χ1n) is 10.4. The van der Waals surface area contributed by atoms with E-state index in [2.05, 4.69) is 0 Å². The molecule has 3 heterocycles. The first-order valence-corrected chi connectivity index (χ1v) is 10.4. The number of primary amides is 1. The first-order chi connectivity index (χ1) is 16.4. The number of hydrogen-bond donors (Lipinski definition) is 1. The van der Waals surface area contributed by atoms with Gasteiger partial charge in [-0.25, -0.2) is 0 Å². The molecule has 1 atom stereocenters. The van der Waals surface area contributed by atoms with Crippen molar-refractivity contribution in [3.8, 4) is 23.0 Å². The summed E-state index contributed by atoms with van der Waals surface area (Å²) in [6.07, 6.45) is 3.03. The Balaban J connectivity index is 1.59. The average molecular weight is 461 g/mol. The van der Waals surface area contributed by atoms with Crippen molar-refractivity contribution in [1.29, 1.82) is 0 Å². The van der Waals surface area contributed by atoms with Gasteiger partial charge in [-0.15, -0.1) is 0 Å². The molecule has 0 saturated heterocycles. The third-order valence-corrected chi connectivity index (χ3v) is 5.56. The van der Waals surface area contributed by atoms with Crippen molar-refractivity contribution >= 4 is 23.7 Å². The molecule has 1 aromatic heterocycles. The van der Waals surface area contributed by atoms with Crippen LogP contribution < -0.4 is 24.7 Å². The predicted molar refractivity (Wildman–Crippen MR) is 118 cm³/mol. The summed E-state index contributed by atoms with van der Waals surface area (Å²) in [4.78, 5) is 36.6. The van der Waals surface area contributed by atoms with E-state index in [-0.39, 0.29) is 24.6 Å². The molecular weight excluding hydrogens is 442 g/mol. The molecule has 0 spiro atoms. The molecule has 1 amide bonds. The molecule has 2 N–H and O–H groups in total. The molecule has 1 unspecified atom stereocenters. The standard InChI is InChI=1S/C25H19NO8/c1-30-17-6-4-13(9-19(17)32-12-21(26)27)16-11-22(28)33-18-7-5-15-24(29)20(34-25(15)23(16)18)10-14-3-2-8-31-14/h2-10,16H,11-12H2,1H3,(H2,26,27)/b20-10-. The van der Waals surface area contributed by atoms with Crippen LogP contribution in [0.25, 0.3) is 6.08 Å². The molecule has 172 valence electrons. The number of allylic oxidation sites excluding steroid dienone is 1. The minimum Gasteiger partial charge on any atom is -0.493 e. The molecule has 0 aliphatic carbocycles. The highest BCUT2D eigenvalue weighted by atomic mass is 16.5. The number of esters is 1. The number of furan rings is 1. The molecule has 5 rings (SSSR count). The number of methoxy groups -OCH3 is 1. The lowest BCUT2D eigenvalue weighted by Crippen LogP contribution is -2.22. The fourth-order valence-corrected chi connectivity index (χ4v) is 4.07. The Bertz CT molecular complexity index is 1340. The van der Waals surface area contributed by atoms with Crippen molar-refractivity contribution in [2.75, 3.05) is 13.7 Å². The van der Waals surface area contributed by atoms with Crippen molar-refractivity contribution in [3.05, 3.63) is 76.9 Å². The van der Waals surface area contributed by atoms with Gasteiger partial charge >= 0.3 is 5.97 Å². The largest absolute Gasteiger partial charge is 0.493 e. The number of rotatable bonds is 6. The van der Waals surface area contributed by atoms with Gasteiger partial charge in [0.05, 0.1) is 25.4 Å². The molecule has 9 nitrogen and oxygen atoms in total. The number of nitrogens with two attached hydrogens (primary N) is 1. The van der Waals surface area contributed by atoms with Gasteiger partial charge < -0.3 is 29.1 Å². The predicted octanol–water partition coefficient (Wildman–Crippen LogP) is 3.21. The van der Waals surface area contributed by atoms with E-state index in [4.69, 9.17) is 29.1 Å². The fourth-order valence-electron chi connectivity index (χ4n) is 4.07. The number of carbonyl (C=O) groups is 3. The number of carbonyl (C=O) groups excluding carboxylic acids is 3. The van der Waals surface area contributed by atoms with Gasteiger partial charge in [-0.3, -0.25) is 14.4 Å². The van der Waals surface area contributed by atoms with Crippen molar-refractivity contribution in [1.82, 2.24) is 0 Å². The van der Waals surface area contributed by atoms with Crippen LogP contribution in [0.5, 0.6) is 23.0 Å². The Morgan fingerprint density at radius 1 is 1.15 bits per heavy atom. The lowest BCUT2D eigenvalue weighted by molar-refractivity contribution is -0.135. The summed E-state index contributed by atoms with van der Waals surface area (Å²) in [6.45, 7) is -0.336. The van der Waals surface area contributed by atoms with E-state index < -0.39 is 17.8 Å². The van der Waals surface area contributed by atoms with Crippen molar-refractivity contribution in [2.24, 2.45) is 5.73 Å². The summed E-state index contributed by atoms with van der Waals surface area (Å²) in [6, 6.07) is 11.7. The molecule has 34 heavy (non-hydrogen) atoms. The lowest BCUT2D eigenvalue weighted by Gasteiger charge is -2.26. The molecule has 0 fully saturated rings. The SMILES string of the molecule is COc1ccc(C2CC(=O)Oc3ccc4c(c32)O/C(=C\c2ccco2)C4=O)cc1OCC(N)=O. The Kier molecular flexibility index (Phi) is 5.29. The van der Waals surface area contributed by atoms with E-state index in [0.717, 1.165) is 0 Å². The molecule has 2 aromatic carbocycles. The van der Waals surface area contributed by atoms with Crippen LogP contribution in [0, 0.1) is 0 Å². The number of ketones is 1. The normalized spacial score (nSPS) is 17.6. The Morgan fingerprint density at radius 3 is 2.74 bits per heavy atom. The van der Waals surface area contributed by atoms with Gasteiger partial charge in [-0.1, -0.05) is 6.07 Å². The molecule has 9 heteroatoms. The van der Waals surface area contributed by atoms with E-state index in [0.29, 0.717) is 45.4 Å². The smallest absolute Gasteiger partial charge is 0.312 e. The second kappa shape index (κ2) is 8.43. The Morgan fingerprint density at radius 2 is 2.00 bits per heavy atom. The molecule has 2 aliphatic heterocycles. The summed E-state index contributed by atoms with van der Waals surface area (Å²) in [7, 11) is 1.47. The van der Waals surface area contributed by atoms with E-state index in [1.807, 2.05) is 0 Å². The Labute approximate surface area is 193 Å². The number of benzene rings is 2. The van der Waals surface area contributed by atoms with Crippen molar-refractivity contribution < 1.29 is 37.7 Å². The van der Waals surface area contributed by atoms with Gasteiger partial charge in [-0.2, -0.15) is 0 Å². The van der Waals surface area contributed by atoms with Crippen LogP contribution in [0.4, 0.5) is 0 Å². The zero-order valence-electron chi connectivity index (χ0n) is 18.0. The third-order valence-electron chi connectivity index (χ3n) is 5.56. The number of Topliss-reactive ketones (excluding diaryl/α,β-unsaturated/α-hetero) is 1. The molecule has 2 aliphatic rings. The molecular formula is C25H19NO8. The first kappa shape index (κ1) is 21.3. The summed E-state index contributed by atoms with van der Waals surface area (Å²) in [5, 5.41) is 0. The van der Waals surface area contributed by atoms with Crippen LogP contribution in [-0.2, 0) is 9.59 Å². The number of hydrogen-bond acceptors (Lipinski definition) is 8. The summed E-state index contributed by atoms with van der Waals surface area (Å²) >= 11 is 0. The number of ether oxygens (including phenoxy) is 4. The van der Waals surface area contributed by atoms with Crippen LogP contribution in [0.15, 0.2) is 58.9 Å². The highest BCUT2D eigenvalue weighted by Crippen LogP contribution is 2.49. The molecule has 3 aromatic rings. The van der Waals surface area contributed by atoms with Gasteiger partial charge in [0.2, 0.25) is 5.78 Å². The second-order valence-electron chi connectivity index (χ2n) is 7.71. The highest BCUT2D eigenvalue weighted by molar-refractivity contribution is 6.15. The average Bonchev–Trinajstić information content (AvgIpc) is 3.45. The van der Waals surface area contributed by atoms with Crippen LogP contribution >= 0.6 is 0 Å². The third kappa shape index (κ3) is 3.77. The molecule has 0 radical (unpaired) electrons. The quantitative estimate of drug-likeness (QED) is 0.337. The van der Waals surface area contributed by atoms with E-state index in [1.54, 1.807) is 42.5 Å². The van der Waals surface area contributed by atoms with Crippen LogP contribution in [0.2, 0.25) is 0 Å². The number of fused-ring (bicyclic) bond motifs is 3. The highest BCUT2D eigenvalue weighted by Gasteiger charge is 2.38. The van der Waals surface area contributed by atoms with Gasteiger partial charge in [0.25, 0.3) is 5.91 Å². The Hall–Kier alpha value is -4.53. The summed E-state index contributed by atoms with van der Waals surface area (Å²) in [5.41, 5.74) is 6.82. The van der Waals surface area contributed by atoms with Crippen molar-refractivity contribution in [2.45, 2.75) is 12.3 Å². The summed E-state index contributed by atoms with van der Waals surface area (Å²) in [5.74, 6) is 0.0422. The fraction of sp³-hybridized carbons (Fsp3) is 0.160. The summed E-state index contributed by atoms with van der Waals surface area (Å²) < 4.78 is 27.5. The topological polar surface area (TPSA) is 127 Å². The number of amides is 1. The maximum Gasteiger partial charge on any atom is 0.312 e. The zero-order chi connectivity index (χ0) is 23.8. The van der Waals surface area contributed by atoms with Gasteiger partial charge in [-0.05, 0) is 42.0 Å². The molecule has 0 saturated carbocycles. The van der Waals surface area contributed by atoms with Crippen molar-refractivity contribution in [3.63, 3.8) is 0 Å². The van der Waals surface area contributed by atoms with Crippen LogP contribution in [0.1, 0.15) is 39.6 Å². The van der Waals surface area contributed by atoms with Gasteiger partial charge in [0, 0.05) is 17.6 Å². The minimum absolute atomic E-state index is 0.0137. The van der Waals surface area contributed by atoms with E-state index in [1.165, 1.54) is 19.4 Å². The van der Waals surface area contributed by atoms with Gasteiger partial charge in [0.15, 0.2) is 23.9 Å². The lowest BCUT2D eigenvalue weighted by atomic mass is 9.84. The second-order valence-corrected chi connectivity index (χ2v) is 7.71.